The minimum absolute atomic E-state index is 0.0576. The molecule has 2 aliphatic rings. The van der Waals surface area contributed by atoms with Crippen LogP contribution in [0.2, 0.25) is 0 Å². The number of carbonyl (C=O) groups is 1. The third kappa shape index (κ3) is 3.79. The molecule has 3 heterocycles. The van der Waals surface area contributed by atoms with E-state index in [0.29, 0.717) is 13.1 Å². The third-order valence-electron chi connectivity index (χ3n) is 5.97. The fraction of sp³-hybridized carbons (Fsp3) is 0.391. The largest absolute Gasteiger partial charge is 0.364 e. The molecule has 30 heavy (non-hydrogen) atoms. The predicted molar refractivity (Wildman–Crippen MR) is 113 cm³/mol. The Hall–Kier alpha value is -3.22. The minimum atomic E-state index is -0.0576. The number of nitrogens with one attached hydrogen (secondary N) is 1. The second-order valence-corrected chi connectivity index (χ2v) is 8.01. The lowest BCUT2D eigenvalue weighted by Gasteiger charge is -2.34. The average molecular weight is 403 g/mol. The second-order valence-electron chi connectivity index (χ2n) is 8.01. The first-order valence-electron chi connectivity index (χ1n) is 10.6. The van der Waals surface area contributed by atoms with Crippen molar-refractivity contribution in [1.82, 2.24) is 20.4 Å². The number of amides is 1. The van der Waals surface area contributed by atoms with E-state index >= 15 is 0 Å². The standard InChI is InChI=1S/C23H25N5O2/c29-23(24-14-18-11-13-30-27-18)17-8-5-12-28(15-17)22-19-9-4-10-20(19)25-21(26-22)16-6-2-1-3-7-16/h1-3,6-7,11,13,17H,4-5,8-10,12,14-15H2,(H,24,29). The zero-order chi connectivity index (χ0) is 20.3. The molecular weight excluding hydrogens is 378 g/mol. The number of hydrogen-bond acceptors (Lipinski definition) is 6. The number of anilines is 1. The SMILES string of the molecule is O=C(NCc1ccon1)C1CCCN(c2nc(-c3ccccc3)nc3c2CCC3)C1. The van der Waals surface area contributed by atoms with Gasteiger partial charge in [0.2, 0.25) is 5.91 Å². The Labute approximate surface area is 175 Å². The van der Waals surface area contributed by atoms with Crippen molar-refractivity contribution in [3.8, 4) is 11.4 Å². The van der Waals surface area contributed by atoms with Crippen molar-refractivity contribution >= 4 is 11.7 Å². The molecule has 1 fully saturated rings. The Balaban J connectivity index is 1.37. The monoisotopic (exact) mass is 403 g/mol. The Morgan fingerprint density at radius 2 is 2.03 bits per heavy atom. The summed E-state index contributed by atoms with van der Waals surface area (Å²) in [5, 5.41) is 6.85. The molecular formula is C23H25N5O2. The first kappa shape index (κ1) is 18.8. The highest BCUT2D eigenvalue weighted by Crippen LogP contribution is 2.33. The van der Waals surface area contributed by atoms with Crippen LogP contribution in [0.1, 0.15) is 36.2 Å². The molecule has 1 unspecified atom stereocenters. The maximum atomic E-state index is 12.8. The van der Waals surface area contributed by atoms with Gasteiger partial charge in [-0.05, 0) is 32.1 Å². The van der Waals surface area contributed by atoms with Crippen molar-refractivity contribution in [1.29, 1.82) is 0 Å². The second kappa shape index (κ2) is 8.26. The summed E-state index contributed by atoms with van der Waals surface area (Å²) in [5.41, 5.74) is 4.19. The van der Waals surface area contributed by atoms with Crippen LogP contribution in [0.4, 0.5) is 5.82 Å². The van der Waals surface area contributed by atoms with Gasteiger partial charge >= 0.3 is 0 Å². The van der Waals surface area contributed by atoms with E-state index in [1.54, 1.807) is 6.07 Å². The van der Waals surface area contributed by atoms with Gasteiger partial charge in [0.05, 0.1) is 12.5 Å². The number of benzene rings is 1. The van der Waals surface area contributed by atoms with Gasteiger partial charge in [-0.1, -0.05) is 35.5 Å². The smallest absolute Gasteiger partial charge is 0.225 e. The average Bonchev–Trinajstić information content (AvgIpc) is 3.49. The van der Waals surface area contributed by atoms with Gasteiger partial charge in [0.15, 0.2) is 5.82 Å². The topological polar surface area (TPSA) is 84.2 Å². The molecule has 0 radical (unpaired) electrons. The highest BCUT2D eigenvalue weighted by molar-refractivity contribution is 5.79. The molecule has 5 rings (SSSR count). The number of rotatable bonds is 5. The van der Waals surface area contributed by atoms with Gasteiger partial charge in [0.1, 0.15) is 17.8 Å². The van der Waals surface area contributed by atoms with Crippen LogP contribution in [0, 0.1) is 5.92 Å². The Morgan fingerprint density at radius 3 is 2.87 bits per heavy atom. The van der Waals surface area contributed by atoms with E-state index in [-0.39, 0.29) is 11.8 Å². The van der Waals surface area contributed by atoms with Crippen LogP contribution in [0.25, 0.3) is 11.4 Å². The zero-order valence-electron chi connectivity index (χ0n) is 16.9. The molecule has 1 saturated heterocycles. The Bertz CT molecular complexity index is 1020. The molecule has 0 saturated carbocycles. The van der Waals surface area contributed by atoms with Crippen LogP contribution >= 0.6 is 0 Å². The number of fused-ring (bicyclic) bond motifs is 1. The van der Waals surface area contributed by atoms with Crippen molar-refractivity contribution in [3.05, 3.63) is 59.6 Å². The number of piperidine rings is 1. The van der Waals surface area contributed by atoms with Crippen LogP contribution in [-0.4, -0.2) is 34.1 Å². The van der Waals surface area contributed by atoms with Crippen LogP contribution in [-0.2, 0) is 24.2 Å². The van der Waals surface area contributed by atoms with Crippen molar-refractivity contribution in [2.75, 3.05) is 18.0 Å². The summed E-state index contributed by atoms with van der Waals surface area (Å²) in [7, 11) is 0. The lowest BCUT2D eigenvalue weighted by Crippen LogP contribution is -2.43. The lowest BCUT2D eigenvalue weighted by molar-refractivity contribution is -0.125. The minimum Gasteiger partial charge on any atom is -0.364 e. The number of carbonyl (C=O) groups excluding carboxylic acids is 1. The van der Waals surface area contributed by atoms with Gasteiger partial charge in [-0.25, -0.2) is 9.97 Å². The van der Waals surface area contributed by atoms with E-state index in [0.717, 1.165) is 67.2 Å². The maximum absolute atomic E-state index is 12.8. The van der Waals surface area contributed by atoms with Crippen LogP contribution < -0.4 is 10.2 Å². The van der Waals surface area contributed by atoms with Gasteiger partial charge in [0, 0.05) is 36.0 Å². The van der Waals surface area contributed by atoms with Gasteiger partial charge in [0.25, 0.3) is 0 Å². The quantitative estimate of drug-likeness (QED) is 0.705. The van der Waals surface area contributed by atoms with Crippen molar-refractivity contribution < 1.29 is 9.32 Å². The molecule has 7 heteroatoms. The molecule has 2 aromatic heterocycles. The van der Waals surface area contributed by atoms with Gasteiger partial charge in [-0.3, -0.25) is 4.79 Å². The highest BCUT2D eigenvalue weighted by Gasteiger charge is 2.30. The highest BCUT2D eigenvalue weighted by atomic mass is 16.5. The number of hydrogen-bond donors (Lipinski definition) is 1. The lowest BCUT2D eigenvalue weighted by atomic mass is 9.96. The number of aromatic nitrogens is 3. The van der Waals surface area contributed by atoms with Crippen molar-refractivity contribution in [3.63, 3.8) is 0 Å². The summed E-state index contributed by atoms with van der Waals surface area (Å²) in [5.74, 6) is 1.81. The number of nitrogens with zero attached hydrogens (tertiary/aromatic N) is 4. The van der Waals surface area contributed by atoms with E-state index < -0.39 is 0 Å². The summed E-state index contributed by atoms with van der Waals surface area (Å²) in [6.07, 6.45) is 6.51. The third-order valence-corrected chi connectivity index (χ3v) is 5.97. The molecule has 0 bridgehead atoms. The van der Waals surface area contributed by atoms with E-state index in [1.807, 2.05) is 18.2 Å². The first-order valence-corrected chi connectivity index (χ1v) is 10.6. The molecule has 154 valence electrons. The van der Waals surface area contributed by atoms with E-state index in [9.17, 15) is 4.79 Å². The Kier molecular flexibility index (Phi) is 5.17. The van der Waals surface area contributed by atoms with Gasteiger partial charge in [-0.2, -0.15) is 0 Å². The summed E-state index contributed by atoms with van der Waals surface area (Å²) in [4.78, 5) is 24.9. The van der Waals surface area contributed by atoms with Crippen LogP contribution in [0.15, 0.2) is 47.2 Å². The summed E-state index contributed by atoms with van der Waals surface area (Å²) >= 11 is 0. The van der Waals surface area contributed by atoms with E-state index in [2.05, 4.69) is 27.5 Å². The summed E-state index contributed by atoms with van der Waals surface area (Å²) < 4.78 is 4.83. The molecule has 1 aliphatic carbocycles. The van der Waals surface area contributed by atoms with Gasteiger partial charge < -0.3 is 14.7 Å². The first-order chi connectivity index (χ1) is 14.8. The van der Waals surface area contributed by atoms with Gasteiger partial charge in [-0.15, -0.1) is 0 Å². The summed E-state index contributed by atoms with van der Waals surface area (Å²) in [6.45, 7) is 2.00. The molecule has 1 atom stereocenters. The van der Waals surface area contributed by atoms with Crippen molar-refractivity contribution in [2.24, 2.45) is 5.92 Å². The predicted octanol–water partition coefficient (Wildman–Crippen LogP) is 3.15. The molecule has 7 nitrogen and oxygen atoms in total. The molecule has 3 aromatic rings. The van der Waals surface area contributed by atoms with Crippen LogP contribution in [0.3, 0.4) is 0 Å². The van der Waals surface area contributed by atoms with Crippen molar-refractivity contribution in [2.45, 2.75) is 38.6 Å². The molecule has 1 amide bonds. The maximum Gasteiger partial charge on any atom is 0.225 e. The fourth-order valence-electron chi connectivity index (χ4n) is 4.42. The summed E-state index contributed by atoms with van der Waals surface area (Å²) in [6, 6.07) is 11.9. The van der Waals surface area contributed by atoms with Crippen LogP contribution in [0.5, 0.6) is 0 Å². The molecule has 1 aliphatic heterocycles. The zero-order valence-corrected chi connectivity index (χ0v) is 16.9. The normalized spacial score (nSPS) is 18.3. The van der Waals surface area contributed by atoms with E-state index in [4.69, 9.17) is 14.5 Å². The molecule has 0 spiro atoms. The molecule has 1 N–H and O–H groups in total. The van der Waals surface area contributed by atoms with E-state index in [1.165, 1.54) is 11.8 Å². The fourth-order valence-corrected chi connectivity index (χ4v) is 4.42. The number of aryl methyl sites for hydroxylation is 1. The Morgan fingerprint density at radius 1 is 1.13 bits per heavy atom. The molecule has 1 aromatic carbocycles.